The Morgan fingerprint density at radius 2 is 1.42 bits per heavy atom. The monoisotopic (exact) mass is 359 g/mol. The van der Waals surface area contributed by atoms with Crippen LogP contribution < -0.4 is 19.5 Å². The zero-order valence-corrected chi connectivity index (χ0v) is 14.9. The average molecular weight is 359 g/mol. The molecule has 7 heteroatoms. The molecule has 2 aromatic carbocycles. The topological polar surface area (TPSA) is 83.1 Å². The molecule has 1 amide bonds. The van der Waals surface area contributed by atoms with Crippen molar-refractivity contribution in [3.8, 4) is 17.2 Å². The van der Waals surface area contributed by atoms with Crippen LogP contribution in [0.15, 0.2) is 42.5 Å². The number of benzene rings is 2. The number of nitrogens with one attached hydrogen (secondary N) is 1. The number of methoxy groups -OCH3 is 3. The second-order valence-corrected chi connectivity index (χ2v) is 5.30. The van der Waals surface area contributed by atoms with Crippen LogP contribution in [0, 0.1) is 0 Å². The van der Waals surface area contributed by atoms with E-state index in [1.807, 2.05) is 12.1 Å². The predicted molar refractivity (Wildman–Crippen MR) is 94.7 cm³/mol. The van der Waals surface area contributed by atoms with Gasteiger partial charge in [-0.3, -0.25) is 4.79 Å². The van der Waals surface area contributed by atoms with Crippen LogP contribution >= 0.6 is 0 Å². The van der Waals surface area contributed by atoms with Crippen LogP contribution in [-0.4, -0.2) is 39.8 Å². The van der Waals surface area contributed by atoms with E-state index in [-0.39, 0.29) is 12.2 Å². The van der Waals surface area contributed by atoms with Crippen LogP contribution in [0.5, 0.6) is 17.2 Å². The molecule has 0 radical (unpaired) electrons. The van der Waals surface area contributed by atoms with E-state index in [1.54, 1.807) is 25.3 Å². The molecular formula is C19H21NO6. The van der Waals surface area contributed by atoms with Gasteiger partial charge in [0.15, 0.2) is 6.61 Å². The lowest BCUT2D eigenvalue weighted by Crippen LogP contribution is -2.28. The molecule has 0 saturated heterocycles. The van der Waals surface area contributed by atoms with E-state index in [9.17, 15) is 9.59 Å². The fourth-order valence-corrected chi connectivity index (χ4v) is 2.13. The number of hydrogen-bond donors (Lipinski definition) is 1. The molecule has 0 aliphatic rings. The van der Waals surface area contributed by atoms with E-state index in [0.29, 0.717) is 18.0 Å². The second kappa shape index (κ2) is 9.31. The number of carbonyl (C=O) groups excluding carboxylic acids is 2. The molecule has 0 aromatic heterocycles. The SMILES string of the molecule is COc1ccc(CNC(=O)COC(=O)c2cc(OC)cc(OC)c2)cc1. The van der Waals surface area contributed by atoms with Crippen molar-refractivity contribution in [2.24, 2.45) is 0 Å². The molecule has 0 fully saturated rings. The van der Waals surface area contributed by atoms with E-state index in [2.05, 4.69) is 5.32 Å². The fourth-order valence-electron chi connectivity index (χ4n) is 2.13. The zero-order valence-electron chi connectivity index (χ0n) is 14.9. The van der Waals surface area contributed by atoms with Crippen LogP contribution in [0.2, 0.25) is 0 Å². The van der Waals surface area contributed by atoms with Crippen LogP contribution in [-0.2, 0) is 16.1 Å². The quantitative estimate of drug-likeness (QED) is 0.728. The van der Waals surface area contributed by atoms with Crippen molar-refractivity contribution in [3.05, 3.63) is 53.6 Å². The fraction of sp³-hybridized carbons (Fsp3) is 0.263. The largest absolute Gasteiger partial charge is 0.497 e. The van der Waals surface area contributed by atoms with Gasteiger partial charge in [-0.05, 0) is 29.8 Å². The summed E-state index contributed by atoms with van der Waals surface area (Å²) in [5, 5.41) is 2.68. The average Bonchev–Trinajstić information content (AvgIpc) is 2.70. The predicted octanol–water partition coefficient (Wildman–Crippen LogP) is 2.19. The van der Waals surface area contributed by atoms with Crippen LogP contribution in [0.25, 0.3) is 0 Å². The Labute approximate surface area is 151 Å². The third kappa shape index (κ3) is 5.41. The van der Waals surface area contributed by atoms with Crippen LogP contribution in [0.1, 0.15) is 15.9 Å². The standard InChI is InChI=1S/C19H21NO6/c1-23-15-6-4-13(5-7-15)11-20-18(21)12-26-19(22)14-8-16(24-2)10-17(9-14)25-3/h4-10H,11-12H2,1-3H3,(H,20,21). The van der Waals surface area contributed by atoms with Gasteiger partial charge in [-0.1, -0.05) is 12.1 Å². The van der Waals surface area contributed by atoms with Crippen molar-refractivity contribution in [3.63, 3.8) is 0 Å². The van der Waals surface area contributed by atoms with Gasteiger partial charge in [0.2, 0.25) is 0 Å². The molecule has 0 heterocycles. The minimum atomic E-state index is -0.637. The highest BCUT2D eigenvalue weighted by Gasteiger charge is 2.13. The summed E-state index contributed by atoms with van der Waals surface area (Å²) in [7, 11) is 4.55. The van der Waals surface area contributed by atoms with Gasteiger partial charge in [-0.2, -0.15) is 0 Å². The Bertz CT molecular complexity index is 735. The highest BCUT2D eigenvalue weighted by molar-refractivity contribution is 5.92. The first-order valence-electron chi connectivity index (χ1n) is 7.85. The molecule has 0 unspecified atom stereocenters. The van der Waals surface area contributed by atoms with Gasteiger partial charge in [0.25, 0.3) is 5.91 Å². The Balaban J connectivity index is 1.85. The van der Waals surface area contributed by atoms with Crippen molar-refractivity contribution >= 4 is 11.9 Å². The molecule has 2 aromatic rings. The smallest absolute Gasteiger partial charge is 0.338 e. The number of rotatable bonds is 8. The minimum absolute atomic E-state index is 0.240. The van der Waals surface area contributed by atoms with Crippen molar-refractivity contribution in [1.82, 2.24) is 5.32 Å². The molecular weight excluding hydrogens is 338 g/mol. The molecule has 0 aliphatic carbocycles. The second-order valence-electron chi connectivity index (χ2n) is 5.30. The van der Waals surface area contributed by atoms with Gasteiger partial charge in [-0.15, -0.1) is 0 Å². The Morgan fingerprint density at radius 1 is 0.846 bits per heavy atom. The van der Waals surface area contributed by atoms with E-state index in [1.165, 1.54) is 26.4 Å². The zero-order chi connectivity index (χ0) is 18.9. The summed E-state index contributed by atoms with van der Waals surface area (Å²) in [4.78, 5) is 24.0. The van der Waals surface area contributed by atoms with Gasteiger partial charge in [0.1, 0.15) is 17.2 Å². The summed E-state index contributed by atoms with van der Waals surface area (Å²) in [6, 6.07) is 12.0. The van der Waals surface area contributed by atoms with Crippen molar-refractivity contribution < 1.29 is 28.5 Å². The number of ether oxygens (including phenoxy) is 4. The Morgan fingerprint density at radius 3 is 1.96 bits per heavy atom. The van der Waals surface area contributed by atoms with Gasteiger partial charge < -0.3 is 24.3 Å². The first kappa shape index (κ1) is 19.1. The molecule has 0 atom stereocenters. The Kier molecular flexibility index (Phi) is 6.84. The van der Waals surface area contributed by atoms with Crippen molar-refractivity contribution in [1.29, 1.82) is 0 Å². The maximum atomic E-state index is 12.1. The minimum Gasteiger partial charge on any atom is -0.497 e. The molecule has 2 rings (SSSR count). The van der Waals surface area contributed by atoms with Gasteiger partial charge in [0.05, 0.1) is 26.9 Å². The lowest BCUT2D eigenvalue weighted by molar-refractivity contribution is -0.124. The lowest BCUT2D eigenvalue weighted by atomic mass is 10.2. The van der Waals surface area contributed by atoms with E-state index < -0.39 is 11.9 Å². The third-order valence-electron chi connectivity index (χ3n) is 3.57. The molecule has 0 spiro atoms. The van der Waals surface area contributed by atoms with Crippen molar-refractivity contribution in [2.45, 2.75) is 6.54 Å². The highest BCUT2D eigenvalue weighted by Crippen LogP contribution is 2.22. The Hall–Kier alpha value is -3.22. The highest BCUT2D eigenvalue weighted by atomic mass is 16.5. The number of esters is 1. The normalized spacial score (nSPS) is 9.96. The van der Waals surface area contributed by atoms with Gasteiger partial charge in [0, 0.05) is 12.6 Å². The summed E-state index contributed by atoms with van der Waals surface area (Å²) in [6.07, 6.45) is 0. The summed E-state index contributed by atoms with van der Waals surface area (Å²) in [5.74, 6) is 0.620. The van der Waals surface area contributed by atoms with E-state index in [4.69, 9.17) is 18.9 Å². The van der Waals surface area contributed by atoms with Crippen molar-refractivity contribution in [2.75, 3.05) is 27.9 Å². The third-order valence-corrected chi connectivity index (χ3v) is 3.57. The molecule has 0 saturated carbocycles. The molecule has 0 bridgehead atoms. The van der Waals surface area contributed by atoms with Crippen LogP contribution in [0.3, 0.4) is 0 Å². The lowest BCUT2D eigenvalue weighted by Gasteiger charge is -2.09. The number of carbonyl (C=O) groups is 2. The summed E-state index contributed by atoms with van der Waals surface area (Å²) < 4.78 is 20.3. The van der Waals surface area contributed by atoms with E-state index in [0.717, 1.165) is 11.3 Å². The molecule has 1 N–H and O–H groups in total. The summed E-state index contributed by atoms with van der Waals surface area (Å²) in [6.45, 7) is -0.0537. The maximum absolute atomic E-state index is 12.1. The first-order valence-corrected chi connectivity index (χ1v) is 7.85. The van der Waals surface area contributed by atoms with Gasteiger partial charge in [-0.25, -0.2) is 4.79 Å². The molecule has 0 aliphatic heterocycles. The van der Waals surface area contributed by atoms with Gasteiger partial charge >= 0.3 is 5.97 Å². The number of amides is 1. The summed E-state index contributed by atoms with van der Waals surface area (Å²) >= 11 is 0. The van der Waals surface area contributed by atoms with Crippen LogP contribution in [0.4, 0.5) is 0 Å². The van der Waals surface area contributed by atoms with E-state index >= 15 is 0 Å². The number of hydrogen-bond acceptors (Lipinski definition) is 6. The first-order chi connectivity index (χ1) is 12.5. The summed E-state index contributed by atoms with van der Waals surface area (Å²) in [5.41, 5.74) is 1.15. The molecule has 7 nitrogen and oxygen atoms in total. The molecule has 138 valence electrons. The molecule has 26 heavy (non-hydrogen) atoms. The maximum Gasteiger partial charge on any atom is 0.338 e.